The maximum absolute atomic E-state index is 12.9. The minimum atomic E-state index is -0.934. The van der Waals surface area contributed by atoms with E-state index in [1.165, 1.54) is 0 Å². The Kier molecular flexibility index (Phi) is 9.85. The van der Waals surface area contributed by atoms with Gasteiger partial charge >= 0.3 is 6.09 Å². The summed E-state index contributed by atoms with van der Waals surface area (Å²) in [6.07, 6.45) is 2.48. The second-order valence-electron chi connectivity index (χ2n) is 9.67. The Hall–Kier alpha value is -2.93. The molecule has 2 aromatic rings. The molecule has 7 nitrogen and oxygen atoms in total. The monoisotopic (exact) mass is 455 g/mol. The van der Waals surface area contributed by atoms with Crippen molar-refractivity contribution in [1.29, 1.82) is 0 Å². The molecule has 3 N–H and O–H groups in total. The zero-order chi connectivity index (χ0) is 24.4. The van der Waals surface area contributed by atoms with Crippen LogP contribution in [0.2, 0.25) is 0 Å². The molecule has 0 bridgehead atoms. The number of pyridine rings is 1. The van der Waals surface area contributed by atoms with Crippen LogP contribution in [-0.4, -0.2) is 39.8 Å². The lowest BCUT2D eigenvalue weighted by Gasteiger charge is -2.30. The van der Waals surface area contributed by atoms with E-state index in [9.17, 15) is 14.7 Å². The van der Waals surface area contributed by atoms with Crippen LogP contribution >= 0.6 is 0 Å². The SMILES string of the molecule is CC(C)[C@@H](C[C@H](O)[C@H](Cc1ccccc1)NC(=O)OC(C)(C)C)C(=O)NCc1ccncc1. The molecule has 0 unspecified atom stereocenters. The number of aliphatic hydroxyl groups is 1. The standard InChI is InChI=1S/C26H37N3O4/c1-18(2)21(24(31)28-17-20-11-13-27-14-12-20)16-23(30)22(15-19-9-7-6-8-10-19)29-25(32)33-26(3,4)5/h6-14,18,21-23,30H,15-17H2,1-5H3,(H,28,31)(H,29,32)/t21-,22+,23+/m1/s1. The van der Waals surface area contributed by atoms with Crippen molar-refractivity contribution >= 4 is 12.0 Å². The molecule has 1 heterocycles. The highest BCUT2D eigenvalue weighted by molar-refractivity contribution is 5.79. The Labute approximate surface area is 197 Å². The van der Waals surface area contributed by atoms with E-state index in [-0.39, 0.29) is 18.2 Å². The fraction of sp³-hybridized carbons (Fsp3) is 0.500. The number of aromatic nitrogens is 1. The number of amides is 2. The van der Waals surface area contributed by atoms with Crippen molar-refractivity contribution < 1.29 is 19.4 Å². The number of rotatable bonds is 10. The summed E-state index contributed by atoms with van der Waals surface area (Å²) in [6.45, 7) is 9.67. The van der Waals surface area contributed by atoms with Gasteiger partial charge in [-0.25, -0.2) is 4.79 Å². The molecular formula is C26H37N3O4. The molecule has 1 aromatic heterocycles. The van der Waals surface area contributed by atoms with Gasteiger partial charge in [-0.15, -0.1) is 0 Å². The zero-order valence-corrected chi connectivity index (χ0v) is 20.2. The minimum absolute atomic E-state index is 0.0102. The topological polar surface area (TPSA) is 101 Å². The van der Waals surface area contributed by atoms with Gasteiger partial charge in [0, 0.05) is 24.9 Å². The van der Waals surface area contributed by atoms with Crippen LogP contribution in [0.3, 0.4) is 0 Å². The Bertz CT molecular complexity index is 866. The maximum Gasteiger partial charge on any atom is 0.407 e. The number of aliphatic hydroxyl groups excluding tert-OH is 1. The van der Waals surface area contributed by atoms with Crippen molar-refractivity contribution in [2.75, 3.05) is 0 Å². The smallest absolute Gasteiger partial charge is 0.407 e. The van der Waals surface area contributed by atoms with Crippen molar-refractivity contribution in [2.24, 2.45) is 11.8 Å². The highest BCUT2D eigenvalue weighted by atomic mass is 16.6. The highest BCUT2D eigenvalue weighted by Gasteiger charge is 2.31. The van der Waals surface area contributed by atoms with E-state index in [0.29, 0.717) is 13.0 Å². The second-order valence-corrected chi connectivity index (χ2v) is 9.67. The van der Waals surface area contributed by atoms with E-state index in [1.807, 2.05) is 56.3 Å². The summed E-state index contributed by atoms with van der Waals surface area (Å²) in [5.74, 6) is -0.534. The number of carbonyl (C=O) groups excluding carboxylic acids is 2. The first kappa shape index (κ1) is 26.3. The number of alkyl carbamates (subject to hydrolysis) is 1. The third kappa shape index (κ3) is 9.61. The van der Waals surface area contributed by atoms with Crippen molar-refractivity contribution in [3.05, 3.63) is 66.0 Å². The van der Waals surface area contributed by atoms with Crippen LogP contribution in [0, 0.1) is 11.8 Å². The number of ether oxygens (including phenoxy) is 1. The molecule has 33 heavy (non-hydrogen) atoms. The Morgan fingerprint density at radius 1 is 1.03 bits per heavy atom. The molecule has 7 heteroatoms. The summed E-state index contributed by atoms with van der Waals surface area (Å²) >= 11 is 0. The first-order valence-electron chi connectivity index (χ1n) is 11.4. The highest BCUT2D eigenvalue weighted by Crippen LogP contribution is 2.21. The van der Waals surface area contributed by atoms with Crippen LogP contribution in [0.15, 0.2) is 54.9 Å². The Balaban J connectivity index is 2.09. The summed E-state index contributed by atoms with van der Waals surface area (Å²) in [5.41, 5.74) is 1.27. The molecule has 2 amide bonds. The van der Waals surface area contributed by atoms with Gasteiger partial charge in [0.25, 0.3) is 0 Å². The van der Waals surface area contributed by atoms with Crippen molar-refractivity contribution in [3.63, 3.8) is 0 Å². The number of nitrogens with zero attached hydrogens (tertiary/aromatic N) is 1. The fourth-order valence-corrected chi connectivity index (χ4v) is 3.54. The maximum atomic E-state index is 12.9. The summed E-state index contributed by atoms with van der Waals surface area (Å²) in [4.78, 5) is 29.4. The first-order chi connectivity index (χ1) is 15.5. The molecule has 1 aromatic carbocycles. The largest absolute Gasteiger partial charge is 0.444 e. The molecule has 0 fully saturated rings. The van der Waals surface area contributed by atoms with Gasteiger partial charge in [0.15, 0.2) is 0 Å². The van der Waals surface area contributed by atoms with E-state index in [0.717, 1.165) is 11.1 Å². The third-order valence-corrected chi connectivity index (χ3v) is 5.32. The summed E-state index contributed by atoms with van der Waals surface area (Å²) in [5, 5.41) is 16.9. The van der Waals surface area contributed by atoms with Gasteiger partial charge in [0.05, 0.1) is 12.1 Å². The number of hydrogen-bond donors (Lipinski definition) is 3. The van der Waals surface area contributed by atoms with E-state index >= 15 is 0 Å². The lowest BCUT2D eigenvalue weighted by Crippen LogP contribution is -2.48. The molecule has 0 saturated carbocycles. The molecule has 0 aliphatic heterocycles. The van der Waals surface area contributed by atoms with Gasteiger partial charge in [-0.3, -0.25) is 9.78 Å². The molecule has 0 radical (unpaired) electrons. The van der Waals surface area contributed by atoms with Gasteiger partial charge in [0.2, 0.25) is 5.91 Å². The van der Waals surface area contributed by atoms with E-state index < -0.39 is 29.8 Å². The molecule has 0 saturated heterocycles. The molecule has 3 atom stereocenters. The van der Waals surface area contributed by atoms with Gasteiger partial charge in [-0.2, -0.15) is 0 Å². The number of nitrogens with one attached hydrogen (secondary N) is 2. The summed E-state index contributed by atoms with van der Waals surface area (Å²) in [7, 11) is 0. The van der Waals surface area contributed by atoms with Crippen LogP contribution in [-0.2, 0) is 22.5 Å². The summed E-state index contributed by atoms with van der Waals surface area (Å²) < 4.78 is 5.40. The van der Waals surface area contributed by atoms with E-state index in [1.54, 1.807) is 33.2 Å². The predicted octanol–water partition coefficient (Wildman–Crippen LogP) is 3.86. The second kappa shape index (κ2) is 12.3. The molecule has 0 aliphatic carbocycles. The third-order valence-electron chi connectivity index (χ3n) is 5.32. The van der Waals surface area contributed by atoms with Crippen molar-refractivity contribution in [1.82, 2.24) is 15.6 Å². The normalized spacial score (nSPS) is 14.3. The van der Waals surface area contributed by atoms with E-state index in [2.05, 4.69) is 15.6 Å². The van der Waals surface area contributed by atoms with Crippen LogP contribution < -0.4 is 10.6 Å². The number of benzene rings is 1. The van der Waals surface area contributed by atoms with Gasteiger partial charge in [0.1, 0.15) is 5.60 Å². The van der Waals surface area contributed by atoms with Crippen LogP contribution in [0.25, 0.3) is 0 Å². The van der Waals surface area contributed by atoms with Crippen molar-refractivity contribution in [3.8, 4) is 0 Å². The lowest BCUT2D eigenvalue weighted by atomic mass is 9.86. The molecular weight excluding hydrogens is 418 g/mol. The summed E-state index contributed by atoms with van der Waals surface area (Å²) in [6, 6.07) is 12.7. The van der Waals surface area contributed by atoms with Crippen LogP contribution in [0.5, 0.6) is 0 Å². The zero-order valence-electron chi connectivity index (χ0n) is 20.2. The molecule has 0 spiro atoms. The van der Waals surface area contributed by atoms with Gasteiger partial charge < -0.3 is 20.5 Å². The first-order valence-corrected chi connectivity index (χ1v) is 11.4. The van der Waals surface area contributed by atoms with Crippen LogP contribution in [0.1, 0.15) is 52.2 Å². The van der Waals surface area contributed by atoms with Gasteiger partial charge in [-0.05, 0) is 62.8 Å². The van der Waals surface area contributed by atoms with Crippen LogP contribution in [0.4, 0.5) is 4.79 Å². The molecule has 180 valence electrons. The Morgan fingerprint density at radius 3 is 2.24 bits per heavy atom. The average molecular weight is 456 g/mol. The Morgan fingerprint density at radius 2 is 1.67 bits per heavy atom. The van der Waals surface area contributed by atoms with E-state index in [4.69, 9.17) is 4.74 Å². The number of carbonyl (C=O) groups is 2. The van der Waals surface area contributed by atoms with Gasteiger partial charge in [-0.1, -0.05) is 44.2 Å². The lowest BCUT2D eigenvalue weighted by molar-refractivity contribution is -0.127. The number of hydrogen-bond acceptors (Lipinski definition) is 5. The predicted molar refractivity (Wildman–Crippen MR) is 128 cm³/mol. The minimum Gasteiger partial charge on any atom is -0.444 e. The average Bonchev–Trinajstić information content (AvgIpc) is 2.75. The fourth-order valence-electron chi connectivity index (χ4n) is 3.54. The van der Waals surface area contributed by atoms with Crippen molar-refractivity contribution in [2.45, 2.75) is 71.8 Å². The quantitative estimate of drug-likeness (QED) is 0.505. The molecule has 2 rings (SSSR count). The molecule has 0 aliphatic rings.